The lowest BCUT2D eigenvalue weighted by Gasteiger charge is -2.14. The molecule has 0 aromatic carbocycles. The van der Waals surface area contributed by atoms with Crippen molar-refractivity contribution in [3.63, 3.8) is 0 Å². The van der Waals surface area contributed by atoms with E-state index in [1.165, 1.54) is 0 Å². The van der Waals surface area contributed by atoms with Gasteiger partial charge in [0.25, 0.3) is 0 Å². The van der Waals surface area contributed by atoms with Gasteiger partial charge in [0.05, 0.1) is 0 Å². The van der Waals surface area contributed by atoms with Crippen LogP contribution in [0.3, 0.4) is 0 Å². The fourth-order valence-electron chi connectivity index (χ4n) is 1.20. The van der Waals surface area contributed by atoms with Crippen LogP contribution < -0.4 is 5.32 Å². The van der Waals surface area contributed by atoms with E-state index in [4.69, 9.17) is 12.2 Å². The molecule has 1 heterocycles. The molecule has 1 unspecified atom stereocenters. The lowest BCUT2D eigenvalue weighted by Crippen LogP contribution is -2.15. The first-order valence-corrected chi connectivity index (χ1v) is 5.81. The molecule has 0 spiro atoms. The van der Waals surface area contributed by atoms with E-state index in [1.54, 1.807) is 0 Å². The molecule has 1 aromatic rings. The predicted molar refractivity (Wildman–Crippen MR) is 66.9 cm³/mol. The highest BCUT2D eigenvalue weighted by Gasteiger charge is 2.04. The third kappa shape index (κ3) is 3.63. The van der Waals surface area contributed by atoms with Gasteiger partial charge in [-0.2, -0.15) is 0 Å². The van der Waals surface area contributed by atoms with Crippen molar-refractivity contribution in [3.05, 3.63) is 16.5 Å². The van der Waals surface area contributed by atoms with Gasteiger partial charge in [0, 0.05) is 18.0 Å². The Bertz CT molecular complexity index is 370. The van der Waals surface area contributed by atoms with Crippen LogP contribution in [-0.4, -0.2) is 16.0 Å². The quantitative estimate of drug-likeness (QED) is 0.771. The average molecular weight is 225 g/mol. The Morgan fingerprint density at radius 3 is 2.67 bits per heavy atom. The van der Waals surface area contributed by atoms with E-state index < -0.39 is 0 Å². The average Bonchev–Trinajstić information content (AvgIpc) is 2.16. The molecule has 15 heavy (non-hydrogen) atoms. The molecule has 2 N–H and O–H groups in total. The number of aromatic amines is 1. The van der Waals surface area contributed by atoms with Gasteiger partial charge >= 0.3 is 0 Å². The van der Waals surface area contributed by atoms with Crippen molar-refractivity contribution in [2.45, 2.75) is 46.1 Å². The maximum absolute atomic E-state index is 5.12. The molecule has 84 valence electrons. The van der Waals surface area contributed by atoms with Crippen LogP contribution in [0.2, 0.25) is 0 Å². The van der Waals surface area contributed by atoms with Crippen molar-refractivity contribution < 1.29 is 0 Å². The van der Waals surface area contributed by atoms with E-state index in [0.29, 0.717) is 16.6 Å². The summed E-state index contributed by atoms with van der Waals surface area (Å²) < 4.78 is 0.642. The van der Waals surface area contributed by atoms with Gasteiger partial charge in [-0.15, -0.1) is 0 Å². The lowest BCUT2D eigenvalue weighted by atomic mass is 10.2. The van der Waals surface area contributed by atoms with E-state index >= 15 is 0 Å². The minimum absolute atomic E-state index is 0.366. The summed E-state index contributed by atoms with van der Waals surface area (Å²) in [4.78, 5) is 7.55. The molecule has 3 nitrogen and oxygen atoms in total. The van der Waals surface area contributed by atoms with Gasteiger partial charge in [-0.05, 0) is 13.3 Å². The molecule has 0 aliphatic rings. The van der Waals surface area contributed by atoms with Crippen LogP contribution in [0.4, 0.5) is 5.82 Å². The van der Waals surface area contributed by atoms with Crippen LogP contribution in [0, 0.1) is 4.64 Å². The maximum atomic E-state index is 5.12. The van der Waals surface area contributed by atoms with Gasteiger partial charge in [0.15, 0.2) is 0 Å². The highest BCUT2D eigenvalue weighted by Crippen LogP contribution is 2.13. The summed E-state index contributed by atoms with van der Waals surface area (Å²) in [6.45, 7) is 8.49. The molecule has 0 radical (unpaired) electrons. The number of H-pyrrole nitrogens is 1. The van der Waals surface area contributed by atoms with Crippen molar-refractivity contribution in [2.75, 3.05) is 5.32 Å². The molecular weight excluding hydrogens is 206 g/mol. The first-order chi connectivity index (χ1) is 7.02. The highest BCUT2D eigenvalue weighted by atomic mass is 32.1. The Balaban J connectivity index is 2.94. The van der Waals surface area contributed by atoms with Crippen LogP contribution in [-0.2, 0) is 0 Å². The monoisotopic (exact) mass is 225 g/mol. The zero-order chi connectivity index (χ0) is 11.4. The summed E-state index contributed by atoms with van der Waals surface area (Å²) >= 11 is 5.12. The third-order valence-electron chi connectivity index (χ3n) is 2.32. The summed E-state index contributed by atoms with van der Waals surface area (Å²) in [7, 11) is 0. The minimum Gasteiger partial charge on any atom is -0.369 e. The lowest BCUT2D eigenvalue weighted by molar-refractivity contribution is 0.739. The summed E-state index contributed by atoms with van der Waals surface area (Å²) in [5.41, 5.74) is 0. The number of nitrogens with one attached hydrogen (secondary N) is 2. The van der Waals surface area contributed by atoms with E-state index in [9.17, 15) is 0 Å². The van der Waals surface area contributed by atoms with Crippen LogP contribution in [0.1, 0.15) is 45.9 Å². The van der Waals surface area contributed by atoms with E-state index in [-0.39, 0.29) is 0 Å². The molecule has 1 aromatic heterocycles. The van der Waals surface area contributed by atoms with Crippen LogP contribution in [0.15, 0.2) is 6.07 Å². The zero-order valence-electron chi connectivity index (χ0n) is 9.79. The molecule has 0 aliphatic heterocycles. The van der Waals surface area contributed by atoms with E-state index in [0.717, 1.165) is 18.1 Å². The zero-order valence-corrected chi connectivity index (χ0v) is 10.6. The Morgan fingerprint density at radius 2 is 2.13 bits per heavy atom. The van der Waals surface area contributed by atoms with Crippen LogP contribution >= 0.6 is 12.2 Å². The standard InChI is InChI=1S/C11H19N3S/c1-5-8(4)12-9-6-10(15)14-11(13-9)7(2)3/h6-8H,5H2,1-4H3,(H2,12,13,14,15). The summed E-state index contributed by atoms with van der Waals surface area (Å²) in [6, 6.07) is 2.31. The molecule has 0 fully saturated rings. The Labute approximate surface area is 96.3 Å². The van der Waals surface area contributed by atoms with Gasteiger partial charge < -0.3 is 10.3 Å². The van der Waals surface area contributed by atoms with Gasteiger partial charge in [0.1, 0.15) is 16.3 Å². The number of nitrogens with zero attached hydrogens (tertiary/aromatic N) is 1. The Kier molecular flexibility index (Phi) is 4.27. The van der Waals surface area contributed by atoms with Crippen LogP contribution in [0.5, 0.6) is 0 Å². The second-order valence-electron chi connectivity index (χ2n) is 4.13. The number of rotatable bonds is 4. The molecular formula is C11H19N3S. The normalized spacial score (nSPS) is 12.9. The van der Waals surface area contributed by atoms with Crippen LogP contribution in [0.25, 0.3) is 0 Å². The van der Waals surface area contributed by atoms with E-state index in [1.807, 2.05) is 6.07 Å². The fourth-order valence-corrected chi connectivity index (χ4v) is 1.41. The Hall–Kier alpha value is -0.900. The molecule has 0 aliphatic carbocycles. The molecule has 0 saturated heterocycles. The van der Waals surface area contributed by atoms with Crippen molar-refractivity contribution >= 4 is 18.0 Å². The molecule has 1 rings (SSSR count). The summed E-state index contributed by atoms with van der Waals surface area (Å²) in [5, 5.41) is 3.37. The van der Waals surface area contributed by atoms with Gasteiger partial charge in [0.2, 0.25) is 0 Å². The van der Waals surface area contributed by atoms with Crippen molar-refractivity contribution in [1.29, 1.82) is 0 Å². The summed E-state index contributed by atoms with van der Waals surface area (Å²) in [5.74, 6) is 2.27. The topological polar surface area (TPSA) is 40.7 Å². The Morgan fingerprint density at radius 1 is 1.47 bits per heavy atom. The maximum Gasteiger partial charge on any atom is 0.131 e. The minimum atomic E-state index is 0.366. The number of anilines is 1. The second-order valence-corrected chi connectivity index (χ2v) is 4.54. The smallest absolute Gasteiger partial charge is 0.131 e. The van der Waals surface area contributed by atoms with Gasteiger partial charge in [-0.1, -0.05) is 33.0 Å². The SMILES string of the molecule is CCC(C)Nc1cc(=S)nc(C(C)C)[nH]1. The third-order valence-corrected chi connectivity index (χ3v) is 2.53. The number of hydrogen-bond donors (Lipinski definition) is 2. The van der Waals surface area contributed by atoms with Gasteiger partial charge in [-0.25, -0.2) is 4.98 Å². The first-order valence-electron chi connectivity index (χ1n) is 5.40. The molecule has 0 amide bonds. The largest absolute Gasteiger partial charge is 0.369 e. The predicted octanol–water partition coefficient (Wildman–Crippen LogP) is 3.47. The van der Waals surface area contributed by atoms with Crippen molar-refractivity contribution in [3.8, 4) is 0 Å². The van der Waals surface area contributed by atoms with Crippen molar-refractivity contribution in [1.82, 2.24) is 9.97 Å². The molecule has 0 bridgehead atoms. The molecule has 4 heteroatoms. The summed E-state index contributed by atoms with van der Waals surface area (Å²) in [6.07, 6.45) is 1.08. The number of hydrogen-bond acceptors (Lipinski definition) is 3. The van der Waals surface area contributed by atoms with Crippen molar-refractivity contribution in [2.24, 2.45) is 0 Å². The highest BCUT2D eigenvalue weighted by molar-refractivity contribution is 7.71. The molecule has 1 atom stereocenters. The fraction of sp³-hybridized carbons (Fsp3) is 0.636. The first kappa shape index (κ1) is 12.2. The number of aromatic nitrogens is 2. The second kappa shape index (κ2) is 5.26. The molecule has 0 saturated carbocycles. The van der Waals surface area contributed by atoms with E-state index in [2.05, 4.69) is 43.0 Å². The van der Waals surface area contributed by atoms with Gasteiger partial charge in [-0.3, -0.25) is 0 Å².